The molecule has 1 amide bonds. The van der Waals surface area contributed by atoms with Gasteiger partial charge in [0.1, 0.15) is 5.60 Å². The third kappa shape index (κ3) is 4.21. The van der Waals surface area contributed by atoms with Gasteiger partial charge in [-0.1, -0.05) is 12.1 Å². The minimum absolute atomic E-state index is 0.209. The van der Waals surface area contributed by atoms with Crippen molar-refractivity contribution in [3.63, 3.8) is 0 Å². The molecule has 116 valence electrons. The van der Waals surface area contributed by atoms with Crippen molar-refractivity contribution in [2.75, 3.05) is 18.1 Å². The van der Waals surface area contributed by atoms with Gasteiger partial charge in [-0.2, -0.15) is 0 Å². The average Bonchev–Trinajstić information content (AvgIpc) is 2.42. The molecule has 1 aromatic rings. The van der Waals surface area contributed by atoms with Crippen LogP contribution in [0.1, 0.15) is 44.7 Å². The molecule has 1 aromatic carbocycles. The maximum absolute atomic E-state index is 12.3. The number of carbonyl (C=O) groups excluding carboxylic acids is 1. The molecule has 0 aliphatic carbocycles. The summed E-state index contributed by atoms with van der Waals surface area (Å²) in [4.78, 5) is 14.0. The highest BCUT2D eigenvalue weighted by Gasteiger charge is 2.27. The van der Waals surface area contributed by atoms with E-state index in [2.05, 4.69) is 6.07 Å². The molecular formula is C17H25NO3. The van der Waals surface area contributed by atoms with Gasteiger partial charge in [-0.3, -0.25) is 4.90 Å². The Morgan fingerprint density at radius 1 is 1.38 bits per heavy atom. The maximum atomic E-state index is 12.3. The van der Waals surface area contributed by atoms with E-state index in [9.17, 15) is 4.79 Å². The summed E-state index contributed by atoms with van der Waals surface area (Å²) in [6.07, 6.45) is 3.31. The number of amides is 1. The molecular weight excluding hydrogens is 266 g/mol. The zero-order chi connectivity index (χ0) is 15.5. The van der Waals surface area contributed by atoms with Crippen molar-refractivity contribution in [3.05, 3.63) is 29.3 Å². The van der Waals surface area contributed by atoms with Gasteiger partial charge in [0.05, 0.1) is 5.69 Å². The summed E-state index contributed by atoms with van der Waals surface area (Å²) in [6.45, 7) is 6.56. The standard InChI is InChI=1S/C17H25NO3/c1-17(2,3)21-16(20)18-10-4-7-14-12-13(6-5-11-19)8-9-15(14)18/h8-9,12,19H,4-7,10-11H2,1-3H3. The van der Waals surface area contributed by atoms with E-state index < -0.39 is 5.60 Å². The van der Waals surface area contributed by atoms with Gasteiger partial charge in [-0.25, -0.2) is 4.79 Å². The van der Waals surface area contributed by atoms with Crippen LogP contribution in [0.15, 0.2) is 18.2 Å². The van der Waals surface area contributed by atoms with Crippen LogP contribution in [-0.4, -0.2) is 30.0 Å². The zero-order valence-electron chi connectivity index (χ0n) is 13.2. The van der Waals surface area contributed by atoms with Gasteiger partial charge in [0.25, 0.3) is 0 Å². The SMILES string of the molecule is CC(C)(C)OC(=O)N1CCCc2cc(CCCO)ccc21. The first-order valence-electron chi connectivity index (χ1n) is 7.64. The molecule has 21 heavy (non-hydrogen) atoms. The van der Waals surface area contributed by atoms with E-state index in [1.54, 1.807) is 4.90 Å². The van der Waals surface area contributed by atoms with Crippen LogP contribution in [-0.2, 0) is 17.6 Å². The van der Waals surface area contributed by atoms with Crippen LogP contribution in [0.2, 0.25) is 0 Å². The first-order chi connectivity index (χ1) is 9.90. The molecule has 0 fully saturated rings. The van der Waals surface area contributed by atoms with Gasteiger partial charge in [0, 0.05) is 13.2 Å². The number of nitrogens with zero attached hydrogens (tertiary/aromatic N) is 1. The largest absolute Gasteiger partial charge is 0.443 e. The molecule has 4 heteroatoms. The van der Waals surface area contributed by atoms with E-state index in [0.717, 1.165) is 31.4 Å². The Kier molecular flexibility index (Phi) is 4.88. The van der Waals surface area contributed by atoms with Gasteiger partial charge in [0.15, 0.2) is 0 Å². The molecule has 1 aliphatic heterocycles. The highest BCUT2D eigenvalue weighted by atomic mass is 16.6. The summed E-state index contributed by atoms with van der Waals surface area (Å²) in [5.74, 6) is 0. The monoisotopic (exact) mass is 291 g/mol. The molecule has 4 nitrogen and oxygen atoms in total. The Bertz CT molecular complexity index is 505. The van der Waals surface area contributed by atoms with Crippen LogP contribution < -0.4 is 4.90 Å². The summed E-state index contributed by atoms with van der Waals surface area (Å²) in [5.41, 5.74) is 2.90. The second-order valence-electron chi connectivity index (χ2n) is 6.53. The van der Waals surface area contributed by atoms with Crippen molar-refractivity contribution in [3.8, 4) is 0 Å². The number of aliphatic hydroxyl groups is 1. The minimum atomic E-state index is -0.476. The van der Waals surface area contributed by atoms with Crippen molar-refractivity contribution in [1.29, 1.82) is 0 Å². The first kappa shape index (κ1) is 15.8. The van der Waals surface area contributed by atoms with Gasteiger partial charge in [0.2, 0.25) is 0 Å². The molecule has 0 bridgehead atoms. The summed E-state index contributed by atoms with van der Waals surface area (Å²) in [5, 5.41) is 8.92. The Morgan fingerprint density at radius 3 is 2.81 bits per heavy atom. The van der Waals surface area contributed by atoms with Crippen molar-refractivity contribution < 1.29 is 14.6 Å². The lowest BCUT2D eigenvalue weighted by molar-refractivity contribution is 0.0578. The van der Waals surface area contributed by atoms with Crippen LogP contribution >= 0.6 is 0 Å². The Labute approximate surface area is 126 Å². The van der Waals surface area contributed by atoms with Crippen molar-refractivity contribution in [2.45, 2.75) is 52.1 Å². The summed E-state index contributed by atoms with van der Waals surface area (Å²) in [7, 11) is 0. The fraction of sp³-hybridized carbons (Fsp3) is 0.588. The zero-order valence-corrected chi connectivity index (χ0v) is 13.2. The number of hydrogen-bond donors (Lipinski definition) is 1. The van der Waals surface area contributed by atoms with Gasteiger partial charge >= 0.3 is 6.09 Å². The number of hydrogen-bond acceptors (Lipinski definition) is 3. The highest BCUT2D eigenvalue weighted by molar-refractivity contribution is 5.89. The number of benzene rings is 1. The number of carbonyl (C=O) groups is 1. The van der Waals surface area contributed by atoms with Gasteiger partial charge < -0.3 is 9.84 Å². The molecule has 0 spiro atoms. The number of aliphatic hydroxyl groups excluding tert-OH is 1. The molecule has 0 saturated carbocycles. The summed E-state index contributed by atoms with van der Waals surface area (Å²) in [6, 6.07) is 6.20. The van der Waals surface area contributed by atoms with Crippen molar-refractivity contribution in [2.24, 2.45) is 0 Å². The molecule has 0 unspecified atom stereocenters. The lowest BCUT2D eigenvalue weighted by Crippen LogP contribution is -2.39. The number of ether oxygens (including phenoxy) is 1. The predicted octanol–water partition coefficient (Wildman–Crippen LogP) is 3.30. The third-order valence-electron chi connectivity index (χ3n) is 3.50. The Hall–Kier alpha value is -1.55. The first-order valence-corrected chi connectivity index (χ1v) is 7.64. The maximum Gasteiger partial charge on any atom is 0.414 e. The topological polar surface area (TPSA) is 49.8 Å². The summed E-state index contributed by atoms with van der Waals surface area (Å²) >= 11 is 0. The molecule has 2 rings (SSSR count). The van der Waals surface area contributed by atoms with E-state index >= 15 is 0 Å². The van der Waals surface area contributed by atoms with E-state index in [-0.39, 0.29) is 12.7 Å². The number of fused-ring (bicyclic) bond motifs is 1. The van der Waals surface area contributed by atoms with Crippen LogP contribution in [0.3, 0.4) is 0 Å². The predicted molar refractivity (Wildman–Crippen MR) is 83.7 cm³/mol. The van der Waals surface area contributed by atoms with Crippen LogP contribution in [0.25, 0.3) is 0 Å². The molecule has 1 heterocycles. The molecule has 0 radical (unpaired) electrons. The quantitative estimate of drug-likeness (QED) is 0.929. The van der Waals surface area contributed by atoms with Crippen LogP contribution in [0.5, 0.6) is 0 Å². The Morgan fingerprint density at radius 2 is 2.14 bits per heavy atom. The van der Waals surface area contributed by atoms with Crippen molar-refractivity contribution >= 4 is 11.8 Å². The lowest BCUT2D eigenvalue weighted by Gasteiger charge is -2.32. The second-order valence-corrected chi connectivity index (χ2v) is 6.53. The average molecular weight is 291 g/mol. The van der Waals surface area contributed by atoms with Gasteiger partial charge in [-0.15, -0.1) is 0 Å². The smallest absolute Gasteiger partial charge is 0.414 e. The second kappa shape index (κ2) is 6.48. The third-order valence-corrected chi connectivity index (χ3v) is 3.50. The molecule has 0 atom stereocenters. The van der Waals surface area contributed by atoms with E-state index in [4.69, 9.17) is 9.84 Å². The number of anilines is 1. The molecule has 0 saturated heterocycles. The number of aryl methyl sites for hydroxylation is 2. The van der Waals surface area contributed by atoms with E-state index in [0.29, 0.717) is 6.54 Å². The highest BCUT2D eigenvalue weighted by Crippen LogP contribution is 2.29. The minimum Gasteiger partial charge on any atom is -0.443 e. The molecule has 0 aromatic heterocycles. The Balaban J connectivity index is 2.17. The van der Waals surface area contributed by atoms with Gasteiger partial charge in [-0.05, 0) is 63.6 Å². The fourth-order valence-electron chi connectivity index (χ4n) is 2.60. The van der Waals surface area contributed by atoms with Crippen LogP contribution in [0.4, 0.5) is 10.5 Å². The fourth-order valence-corrected chi connectivity index (χ4v) is 2.60. The normalized spacial score (nSPS) is 14.8. The summed E-state index contributed by atoms with van der Waals surface area (Å²) < 4.78 is 5.48. The lowest BCUT2D eigenvalue weighted by atomic mass is 9.98. The van der Waals surface area contributed by atoms with Crippen LogP contribution in [0, 0.1) is 0 Å². The van der Waals surface area contributed by atoms with E-state index in [1.807, 2.05) is 32.9 Å². The molecule has 1 N–H and O–H groups in total. The number of rotatable bonds is 3. The molecule has 1 aliphatic rings. The van der Waals surface area contributed by atoms with E-state index in [1.165, 1.54) is 11.1 Å². The van der Waals surface area contributed by atoms with Crippen molar-refractivity contribution in [1.82, 2.24) is 0 Å².